The molecule has 2 rings (SSSR count). The second kappa shape index (κ2) is 5.87. The molecular formula is C14H20N2O2. The van der Waals surface area contributed by atoms with Gasteiger partial charge in [0.25, 0.3) is 0 Å². The van der Waals surface area contributed by atoms with E-state index in [4.69, 9.17) is 4.74 Å². The summed E-state index contributed by atoms with van der Waals surface area (Å²) < 4.78 is 4.97. The van der Waals surface area contributed by atoms with E-state index in [1.807, 2.05) is 25.1 Å². The van der Waals surface area contributed by atoms with Crippen molar-refractivity contribution in [3.63, 3.8) is 0 Å². The van der Waals surface area contributed by atoms with Gasteiger partial charge in [-0.25, -0.2) is 4.79 Å². The molecule has 0 aromatic heterocycles. The van der Waals surface area contributed by atoms with Gasteiger partial charge in [-0.05, 0) is 18.9 Å². The second-order valence-electron chi connectivity index (χ2n) is 4.83. The van der Waals surface area contributed by atoms with Crippen LogP contribution in [0.15, 0.2) is 30.3 Å². The van der Waals surface area contributed by atoms with E-state index in [0.717, 1.165) is 6.42 Å². The van der Waals surface area contributed by atoms with Crippen LogP contribution in [0.1, 0.15) is 24.8 Å². The maximum Gasteiger partial charge on any atom is 0.315 e. The van der Waals surface area contributed by atoms with Crippen molar-refractivity contribution in [2.24, 2.45) is 0 Å². The Hall–Kier alpha value is -1.55. The Bertz CT molecular complexity index is 394. The molecule has 4 heteroatoms. The van der Waals surface area contributed by atoms with Crippen molar-refractivity contribution in [2.45, 2.75) is 31.3 Å². The van der Waals surface area contributed by atoms with Gasteiger partial charge in [0.2, 0.25) is 0 Å². The van der Waals surface area contributed by atoms with Crippen LogP contribution in [-0.4, -0.2) is 31.8 Å². The number of methoxy groups -OCH3 is 1. The number of benzene rings is 1. The molecule has 1 fully saturated rings. The van der Waals surface area contributed by atoms with Gasteiger partial charge in [-0.3, -0.25) is 0 Å². The summed E-state index contributed by atoms with van der Waals surface area (Å²) in [7, 11) is 1.63. The van der Waals surface area contributed by atoms with Crippen molar-refractivity contribution in [1.29, 1.82) is 0 Å². The lowest BCUT2D eigenvalue weighted by Gasteiger charge is -2.13. The van der Waals surface area contributed by atoms with Crippen molar-refractivity contribution < 1.29 is 9.53 Å². The Morgan fingerprint density at radius 1 is 1.44 bits per heavy atom. The number of amides is 2. The van der Waals surface area contributed by atoms with Crippen LogP contribution in [0.4, 0.5) is 4.79 Å². The van der Waals surface area contributed by atoms with Crippen LogP contribution < -0.4 is 10.6 Å². The zero-order valence-corrected chi connectivity index (χ0v) is 10.8. The first-order valence-electron chi connectivity index (χ1n) is 6.31. The Morgan fingerprint density at radius 3 is 2.83 bits per heavy atom. The maximum absolute atomic E-state index is 11.7. The van der Waals surface area contributed by atoms with Crippen LogP contribution >= 0.6 is 0 Å². The lowest BCUT2D eigenvalue weighted by Crippen LogP contribution is -2.43. The van der Waals surface area contributed by atoms with E-state index in [9.17, 15) is 4.79 Å². The minimum Gasteiger partial charge on any atom is -0.383 e. The minimum atomic E-state index is -0.108. The van der Waals surface area contributed by atoms with Crippen molar-refractivity contribution in [3.05, 3.63) is 35.9 Å². The summed E-state index contributed by atoms with van der Waals surface area (Å²) in [6.07, 6.45) is 1.02. The summed E-state index contributed by atoms with van der Waals surface area (Å²) in [5.41, 5.74) is 1.30. The van der Waals surface area contributed by atoms with Crippen molar-refractivity contribution >= 4 is 6.03 Å². The summed E-state index contributed by atoms with van der Waals surface area (Å²) in [4.78, 5) is 11.7. The van der Waals surface area contributed by atoms with E-state index in [0.29, 0.717) is 12.5 Å². The SMILES string of the molecule is COCC(C)NC(=O)NC1CC1c1ccccc1. The van der Waals surface area contributed by atoms with E-state index < -0.39 is 0 Å². The summed E-state index contributed by atoms with van der Waals surface area (Å²) in [6.45, 7) is 2.45. The molecule has 1 aromatic carbocycles. The number of carbonyl (C=O) groups is 1. The highest BCUT2D eigenvalue weighted by Crippen LogP contribution is 2.40. The number of ether oxygens (including phenoxy) is 1. The van der Waals surface area contributed by atoms with Crippen LogP contribution in [0.5, 0.6) is 0 Å². The number of rotatable bonds is 5. The minimum absolute atomic E-state index is 0.0314. The largest absolute Gasteiger partial charge is 0.383 e. The van der Waals surface area contributed by atoms with Crippen molar-refractivity contribution in [1.82, 2.24) is 10.6 Å². The number of urea groups is 1. The predicted octanol–water partition coefficient (Wildman–Crippen LogP) is 1.88. The van der Waals surface area contributed by atoms with Gasteiger partial charge in [0, 0.05) is 19.1 Å². The third-order valence-electron chi connectivity index (χ3n) is 3.13. The van der Waals surface area contributed by atoms with E-state index in [1.54, 1.807) is 7.11 Å². The second-order valence-corrected chi connectivity index (χ2v) is 4.83. The standard InChI is InChI=1S/C14H20N2O2/c1-10(9-18-2)15-14(17)16-13-8-12(13)11-6-4-3-5-7-11/h3-7,10,12-13H,8-9H2,1-2H3,(H2,15,16,17). The van der Waals surface area contributed by atoms with Crippen LogP contribution in [0.2, 0.25) is 0 Å². The van der Waals surface area contributed by atoms with Gasteiger partial charge in [0.05, 0.1) is 12.6 Å². The monoisotopic (exact) mass is 248 g/mol. The fourth-order valence-corrected chi connectivity index (χ4v) is 2.15. The highest BCUT2D eigenvalue weighted by molar-refractivity contribution is 5.75. The van der Waals surface area contributed by atoms with Gasteiger partial charge >= 0.3 is 6.03 Å². The highest BCUT2D eigenvalue weighted by atomic mass is 16.5. The third-order valence-corrected chi connectivity index (χ3v) is 3.13. The van der Waals surface area contributed by atoms with Gasteiger partial charge in [-0.2, -0.15) is 0 Å². The van der Waals surface area contributed by atoms with E-state index >= 15 is 0 Å². The Balaban J connectivity index is 1.74. The molecule has 0 saturated heterocycles. The highest BCUT2D eigenvalue weighted by Gasteiger charge is 2.39. The van der Waals surface area contributed by atoms with Gasteiger partial charge in [-0.15, -0.1) is 0 Å². The zero-order chi connectivity index (χ0) is 13.0. The van der Waals surface area contributed by atoms with E-state index in [2.05, 4.69) is 22.8 Å². The summed E-state index contributed by atoms with van der Waals surface area (Å²) in [5, 5.41) is 5.84. The molecule has 0 spiro atoms. The molecule has 0 heterocycles. The molecular weight excluding hydrogens is 228 g/mol. The molecule has 18 heavy (non-hydrogen) atoms. The molecule has 3 unspecified atom stereocenters. The summed E-state index contributed by atoms with van der Waals surface area (Å²) in [5.74, 6) is 0.467. The quantitative estimate of drug-likeness (QED) is 0.836. The predicted molar refractivity (Wildman–Crippen MR) is 70.6 cm³/mol. The fraction of sp³-hybridized carbons (Fsp3) is 0.500. The van der Waals surface area contributed by atoms with Crippen LogP contribution in [0.3, 0.4) is 0 Å². The average Bonchev–Trinajstić information content (AvgIpc) is 3.09. The molecule has 1 saturated carbocycles. The van der Waals surface area contributed by atoms with Gasteiger partial charge in [0.15, 0.2) is 0 Å². The van der Waals surface area contributed by atoms with Crippen LogP contribution in [0.25, 0.3) is 0 Å². The summed E-state index contributed by atoms with van der Waals surface area (Å²) >= 11 is 0. The zero-order valence-electron chi connectivity index (χ0n) is 10.8. The first-order valence-corrected chi connectivity index (χ1v) is 6.31. The van der Waals surface area contributed by atoms with Crippen LogP contribution in [0, 0.1) is 0 Å². The third kappa shape index (κ3) is 3.47. The number of hydrogen-bond acceptors (Lipinski definition) is 2. The smallest absolute Gasteiger partial charge is 0.315 e. The fourth-order valence-electron chi connectivity index (χ4n) is 2.15. The Kier molecular flexibility index (Phi) is 4.20. The molecule has 2 N–H and O–H groups in total. The molecule has 0 bridgehead atoms. The van der Waals surface area contributed by atoms with Crippen molar-refractivity contribution in [2.75, 3.05) is 13.7 Å². The normalized spacial score (nSPS) is 23.2. The van der Waals surface area contributed by atoms with Gasteiger partial charge < -0.3 is 15.4 Å². The molecule has 2 amide bonds. The number of carbonyl (C=O) groups excluding carboxylic acids is 1. The first-order chi connectivity index (χ1) is 8.70. The van der Waals surface area contributed by atoms with Crippen molar-refractivity contribution in [3.8, 4) is 0 Å². The number of hydrogen-bond donors (Lipinski definition) is 2. The van der Waals surface area contributed by atoms with Crippen LogP contribution in [-0.2, 0) is 4.74 Å². The molecule has 4 nitrogen and oxygen atoms in total. The van der Waals surface area contributed by atoms with Gasteiger partial charge in [0.1, 0.15) is 0 Å². The van der Waals surface area contributed by atoms with E-state index in [-0.39, 0.29) is 18.1 Å². The molecule has 0 radical (unpaired) electrons. The van der Waals surface area contributed by atoms with E-state index in [1.165, 1.54) is 5.56 Å². The Labute approximate surface area is 108 Å². The topological polar surface area (TPSA) is 50.4 Å². The first kappa shape index (κ1) is 12.9. The Morgan fingerprint density at radius 2 is 2.17 bits per heavy atom. The molecule has 0 aliphatic heterocycles. The summed E-state index contributed by atoms with van der Waals surface area (Å²) in [6, 6.07) is 10.5. The number of nitrogens with one attached hydrogen (secondary N) is 2. The molecule has 98 valence electrons. The lowest BCUT2D eigenvalue weighted by molar-refractivity contribution is 0.171. The van der Waals surface area contributed by atoms with Gasteiger partial charge in [-0.1, -0.05) is 30.3 Å². The maximum atomic E-state index is 11.7. The molecule has 1 aliphatic rings. The molecule has 3 atom stereocenters. The molecule has 1 aliphatic carbocycles. The average molecular weight is 248 g/mol. The molecule has 1 aromatic rings. The lowest BCUT2D eigenvalue weighted by atomic mass is 10.1.